The van der Waals surface area contributed by atoms with E-state index in [-0.39, 0.29) is 12.0 Å². The molecule has 2 N–H and O–H groups in total. The van der Waals surface area contributed by atoms with Crippen molar-refractivity contribution in [2.24, 2.45) is 5.92 Å². The number of carbonyl (C=O) groups excluding carboxylic acids is 2. The maximum absolute atomic E-state index is 12.1. The number of aliphatic hydroxyl groups is 1. The smallest absolute Gasteiger partial charge is 0.313 e. The first kappa shape index (κ1) is 17.5. The van der Waals surface area contributed by atoms with Gasteiger partial charge in [-0.25, -0.2) is 0 Å². The number of hydrogen-bond acceptors (Lipinski definition) is 3. The third-order valence-electron chi connectivity index (χ3n) is 4.50. The number of carbonyl (C=O) groups is 2. The Hall–Kier alpha value is -1.88. The first-order valence-corrected chi connectivity index (χ1v) is 8.23. The van der Waals surface area contributed by atoms with Crippen molar-refractivity contribution in [3.8, 4) is 0 Å². The fourth-order valence-corrected chi connectivity index (χ4v) is 2.97. The lowest BCUT2D eigenvalue weighted by Gasteiger charge is -2.22. The third kappa shape index (κ3) is 4.55. The number of nitrogens with one attached hydrogen (secondary N) is 1. The number of anilines is 1. The molecule has 5 nitrogen and oxygen atoms in total. The van der Waals surface area contributed by atoms with Gasteiger partial charge in [-0.3, -0.25) is 9.59 Å². The van der Waals surface area contributed by atoms with E-state index in [1.165, 1.54) is 10.5 Å². The van der Waals surface area contributed by atoms with E-state index in [9.17, 15) is 14.7 Å². The van der Waals surface area contributed by atoms with Crippen LogP contribution in [0.3, 0.4) is 0 Å². The van der Waals surface area contributed by atoms with Crippen LogP contribution in [-0.2, 0) is 9.59 Å². The summed E-state index contributed by atoms with van der Waals surface area (Å²) < 4.78 is 0. The van der Waals surface area contributed by atoms with Gasteiger partial charge in [0.05, 0.1) is 6.10 Å². The Morgan fingerprint density at radius 3 is 2.43 bits per heavy atom. The first-order chi connectivity index (χ1) is 10.9. The molecule has 2 amide bonds. The number of rotatable bonds is 4. The van der Waals surface area contributed by atoms with Gasteiger partial charge in [-0.2, -0.15) is 0 Å². The zero-order valence-corrected chi connectivity index (χ0v) is 14.1. The molecule has 126 valence electrons. The zero-order chi connectivity index (χ0) is 17.0. The van der Waals surface area contributed by atoms with Crippen LogP contribution in [0.15, 0.2) is 24.3 Å². The summed E-state index contributed by atoms with van der Waals surface area (Å²) >= 11 is 0. The van der Waals surface area contributed by atoms with Crippen molar-refractivity contribution in [3.63, 3.8) is 0 Å². The summed E-state index contributed by atoms with van der Waals surface area (Å²) in [6.45, 7) is 4.62. The summed E-state index contributed by atoms with van der Waals surface area (Å²) in [5.74, 6) is -0.721. The normalized spacial score (nSPS) is 20.6. The molecule has 5 heteroatoms. The lowest BCUT2D eigenvalue weighted by Crippen LogP contribution is -2.40. The molecule has 0 aromatic heterocycles. The minimum absolute atomic E-state index is 0.0714. The van der Waals surface area contributed by atoms with E-state index >= 15 is 0 Å². The molecule has 2 atom stereocenters. The van der Waals surface area contributed by atoms with Gasteiger partial charge in [-0.05, 0) is 36.5 Å². The van der Waals surface area contributed by atoms with E-state index in [2.05, 4.69) is 19.2 Å². The minimum atomic E-state index is -0.641. The first-order valence-electron chi connectivity index (χ1n) is 8.23. The van der Waals surface area contributed by atoms with Crippen molar-refractivity contribution in [3.05, 3.63) is 29.8 Å². The Labute approximate surface area is 137 Å². The van der Waals surface area contributed by atoms with Crippen LogP contribution in [0.25, 0.3) is 0 Å². The Balaban J connectivity index is 1.90. The predicted octanol–water partition coefficient (Wildman–Crippen LogP) is 2.37. The van der Waals surface area contributed by atoms with Gasteiger partial charge in [0, 0.05) is 25.2 Å². The molecule has 1 aromatic carbocycles. The van der Waals surface area contributed by atoms with Crippen LogP contribution in [-0.4, -0.2) is 41.5 Å². The van der Waals surface area contributed by atoms with Crippen LogP contribution in [0, 0.1) is 5.92 Å². The molecule has 1 aromatic rings. The molecule has 0 saturated heterocycles. The van der Waals surface area contributed by atoms with E-state index in [4.69, 9.17) is 0 Å². The van der Waals surface area contributed by atoms with Crippen LogP contribution in [0.4, 0.5) is 5.69 Å². The molecule has 1 saturated carbocycles. The number of amides is 2. The molecule has 0 bridgehead atoms. The standard InChI is InChI=1S/C18H26N2O3/c1-12(2)13-7-9-15(10-8-13)19-17(22)18(23)20(3)11-14-5-4-6-16(14)21/h7-10,12,14,16,21H,4-6,11H2,1-3H3,(H,19,22). The van der Waals surface area contributed by atoms with Crippen molar-refractivity contribution in [2.75, 3.05) is 18.9 Å². The van der Waals surface area contributed by atoms with Crippen molar-refractivity contribution >= 4 is 17.5 Å². The Bertz CT molecular complexity index is 554. The van der Waals surface area contributed by atoms with Crippen molar-refractivity contribution in [1.82, 2.24) is 4.90 Å². The van der Waals surface area contributed by atoms with Crippen LogP contribution < -0.4 is 5.32 Å². The van der Waals surface area contributed by atoms with E-state index < -0.39 is 11.8 Å². The topological polar surface area (TPSA) is 69.6 Å². The monoisotopic (exact) mass is 318 g/mol. The van der Waals surface area contributed by atoms with Gasteiger partial charge in [0.25, 0.3) is 0 Å². The van der Waals surface area contributed by atoms with E-state index in [1.54, 1.807) is 19.2 Å². The molecule has 1 aliphatic carbocycles. The van der Waals surface area contributed by atoms with Gasteiger partial charge in [0.15, 0.2) is 0 Å². The third-order valence-corrected chi connectivity index (χ3v) is 4.50. The molecule has 0 spiro atoms. The second-order valence-electron chi connectivity index (χ2n) is 6.67. The summed E-state index contributed by atoms with van der Waals surface area (Å²) in [4.78, 5) is 25.6. The van der Waals surface area contributed by atoms with Gasteiger partial charge >= 0.3 is 11.8 Å². The molecule has 1 aliphatic rings. The fraction of sp³-hybridized carbons (Fsp3) is 0.556. The van der Waals surface area contributed by atoms with Gasteiger partial charge in [0.1, 0.15) is 0 Å². The molecule has 1 fully saturated rings. The second kappa shape index (κ2) is 7.59. The van der Waals surface area contributed by atoms with Crippen LogP contribution in [0.5, 0.6) is 0 Å². The average Bonchev–Trinajstić information content (AvgIpc) is 2.92. The number of benzene rings is 1. The van der Waals surface area contributed by atoms with E-state index in [0.717, 1.165) is 19.3 Å². The van der Waals surface area contributed by atoms with Gasteiger partial charge in [0.2, 0.25) is 0 Å². The number of likely N-dealkylation sites (N-methyl/N-ethyl adjacent to an activating group) is 1. The maximum atomic E-state index is 12.1. The molecule has 2 unspecified atom stereocenters. The average molecular weight is 318 g/mol. The highest BCUT2D eigenvalue weighted by Crippen LogP contribution is 2.26. The number of aliphatic hydroxyl groups excluding tert-OH is 1. The molecule has 0 radical (unpaired) electrons. The Morgan fingerprint density at radius 1 is 1.26 bits per heavy atom. The fourth-order valence-electron chi connectivity index (χ4n) is 2.97. The van der Waals surface area contributed by atoms with Gasteiger partial charge < -0.3 is 15.3 Å². The van der Waals surface area contributed by atoms with Crippen LogP contribution in [0.1, 0.15) is 44.6 Å². The Kier molecular flexibility index (Phi) is 5.77. The zero-order valence-electron chi connectivity index (χ0n) is 14.1. The second-order valence-corrected chi connectivity index (χ2v) is 6.67. The SMILES string of the molecule is CC(C)c1ccc(NC(=O)C(=O)N(C)CC2CCCC2O)cc1. The summed E-state index contributed by atoms with van der Waals surface area (Å²) in [5.41, 5.74) is 1.80. The molecular weight excluding hydrogens is 292 g/mol. The summed E-state index contributed by atoms with van der Waals surface area (Å²) in [6, 6.07) is 7.51. The highest BCUT2D eigenvalue weighted by Gasteiger charge is 2.29. The highest BCUT2D eigenvalue weighted by atomic mass is 16.3. The molecule has 2 rings (SSSR count). The lowest BCUT2D eigenvalue weighted by molar-refractivity contribution is -0.142. The minimum Gasteiger partial charge on any atom is -0.393 e. The van der Waals surface area contributed by atoms with Crippen LogP contribution in [0.2, 0.25) is 0 Å². The Morgan fingerprint density at radius 2 is 1.91 bits per heavy atom. The van der Waals surface area contributed by atoms with E-state index in [1.807, 2.05) is 12.1 Å². The quantitative estimate of drug-likeness (QED) is 0.837. The lowest BCUT2D eigenvalue weighted by atomic mass is 10.0. The van der Waals surface area contributed by atoms with Gasteiger partial charge in [-0.15, -0.1) is 0 Å². The van der Waals surface area contributed by atoms with Crippen LogP contribution >= 0.6 is 0 Å². The molecule has 0 heterocycles. The van der Waals surface area contributed by atoms with Crippen molar-refractivity contribution in [2.45, 2.75) is 45.1 Å². The summed E-state index contributed by atoms with van der Waals surface area (Å²) in [5, 5.41) is 12.5. The largest absolute Gasteiger partial charge is 0.393 e. The van der Waals surface area contributed by atoms with Crippen molar-refractivity contribution in [1.29, 1.82) is 0 Å². The maximum Gasteiger partial charge on any atom is 0.313 e. The van der Waals surface area contributed by atoms with Crippen molar-refractivity contribution < 1.29 is 14.7 Å². The number of nitrogens with zero attached hydrogens (tertiary/aromatic N) is 1. The summed E-state index contributed by atoms with van der Waals surface area (Å²) in [7, 11) is 1.61. The molecule has 0 aliphatic heterocycles. The molecular formula is C18H26N2O3. The van der Waals surface area contributed by atoms with Gasteiger partial charge in [-0.1, -0.05) is 32.4 Å². The molecule has 23 heavy (non-hydrogen) atoms. The predicted molar refractivity (Wildman–Crippen MR) is 90.1 cm³/mol. The summed E-state index contributed by atoms with van der Waals surface area (Å²) in [6.07, 6.45) is 2.29. The van der Waals surface area contributed by atoms with E-state index in [0.29, 0.717) is 18.2 Å². The number of hydrogen-bond donors (Lipinski definition) is 2. The highest BCUT2D eigenvalue weighted by molar-refractivity contribution is 6.39.